The lowest BCUT2D eigenvalue weighted by atomic mass is 10.3. The first kappa shape index (κ1) is 14.9. The molecule has 0 atom stereocenters. The van der Waals surface area contributed by atoms with E-state index in [0.29, 0.717) is 19.4 Å². The van der Waals surface area contributed by atoms with Crippen LogP contribution in [0.3, 0.4) is 0 Å². The molecule has 1 rings (SSSR count). The molecule has 19 heavy (non-hydrogen) atoms. The monoisotopic (exact) mass is 270 g/mol. The number of anilines is 1. The summed E-state index contributed by atoms with van der Waals surface area (Å²) in [5.74, 6) is -0.254. The predicted molar refractivity (Wildman–Crippen MR) is 66.4 cm³/mol. The Kier molecular flexibility index (Phi) is 6.34. The first-order valence-electron chi connectivity index (χ1n) is 6.23. The smallest absolute Gasteiger partial charge is 0.412 e. The van der Waals surface area contributed by atoms with Gasteiger partial charge in [-0.15, -0.1) is 5.10 Å². The summed E-state index contributed by atoms with van der Waals surface area (Å²) in [6, 6.07) is 0. The van der Waals surface area contributed by atoms with Gasteiger partial charge in [0, 0.05) is 6.42 Å². The molecule has 8 heteroatoms. The minimum atomic E-state index is -0.611. The molecule has 106 valence electrons. The molecule has 0 aliphatic rings. The second kappa shape index (κ2) is 8.06. The molecule has 0 spiro atoms. The highest BCUT2D eigenvalue weighted by atomic mass is 16.7. The maximum atomic E-state index is 11.3. The van der Waals surface area contributed by atoms with Gasteiger partial charge in [0.15, 0.2) is 5.82 Å². The van der Waals surface area contributed by atoms with Crippen molar-refractivity contribution in [2.24, 2.45) is 0 Å². The first-order valence-corrected chi connectivity index (χ1v) is 6.23. The van der Waals surface area contributed by atoms with E-state index in [-0.39, 0.29) is 5.82 Å². The minimum Gasteiger partial charge on any atom is -0.449 e. The van der Waals surface area contributed by atoms with E-state index in [2.05, 4.69) is 15.6 Å². The van der Waals surface area contributed by atoms with Gasteiger partial charge in [-0.05, 0) is 18.1 Å². The van der Waals surface area contributed by atoms with Crippen molar-refractivity contribution in [1.29, 1.82) is 0 Å². The number of carbonyl (C=O) groups is 2. The van der Waals surface area contributed by atoms with E-state index in [0.717, 1.165) is 17.7 Å². The maximum Gasteiger partial charge on any atom is 0.412 e. The van der Waals surface area contributed by atoms with Gasteiger partial charge in [0.05, 0.1) is 6.61 Å². The number of nitrogens with zero attached hydrogens (tertiary/aromatic N) is 3. The number of unbranched alkanes of at least 4 members (excludes halogenated alkanes) is 1. The van der Waals surface area contributed by atoms with Crippen LogP contribution in [0.4, 0.5) is 10.6 Å². The Morgan fingerprint density at radius 3 is 2.84 bits per heavy atom. The second-order valence-corrected chi connectivity index (χ2v) is 3.83. The van der Waals surface area contributed by atoms with Crippen LogP contribution in [0.2, 0.25) is 0 Å². The Bertz CT molecular complexity index is 419. The van der Waals surface area contributed by atoms with Gasteiger partial charge in [-0.1, -0.05) is 25.1 Å². The van der Waals surface area contributed by atoms with Crippen LogP contribution >= 0.6 is 0 Å². The van der Waals surface area contributed by atoms with Crippen molar-refractivity contribution in [3.8, 4) is 0 Å². The Hall–Kier alpha value is -2.12. The zero-order valence-corrected chi connectivity index (χ0v) is 11.1. The molecule has 0 aliphatic carbocycles. The average Bonchev–Trinajstić information content (AvgIpc) is 2.77. The molecule has 0 bridgehead atoms. The van der Waals surface area contributed by atoms with Crippen molar-refractivity contribution in [3.05, 3.63) is 6.20 Å². The highest BCUT2D eigenvalue weighted by Gasteiger charge is 2.09. The molecule has 0 aromatic carbocycles. The quantitative estimate of drug-likeness (QED) is 0.594. The van der Waals surface area contributed by atoms with E-state index in [1.807, 2.05) is 13.8 Å². The molecule has 0 saturated carbocycles. The van der Waals surface area contributed by atoms with Crippen LogP contribution in [0.15, 0.2) is 6.20 Å². The van der Waals surface area contributed by atoms with Crippen LogP contribution in [0, 0.1) is 0 Å². The largest absolute Gasteiger partial charge is 0.449 e. The number of amides is 1. The molecule has 0 aliphatic heterocycles. The molecule has 8 nitrogen and oxygen atoms in total. The van der Waals surface area contributed by atoms with Gasteiger partial charge in [0.1, 0.15) is 6.20 Å². The number of aromatic nitrogens is 3. The lowest BCUT2D eigenvalue weighted by molar-refractivity contribution is -0.146. The van der Waals surface area contributed by atoms with Crippen LogP contribution < -0.4 is 10.2 Å². The number of ether oxygens (including phenoxy) is 1. The molecule has 0 unspecified atom stereocenters. The summed E-state index contributed by atoms with van der Waals surface area (Å²) in [5, 5.41) is 9.54. The Morgan fingerprint density at radius 2 is 2.16 bits per heavy atom. The summed E-state index contributed by atoms with van der Waals surface area (Å²) in [4.78, 5) is 28.2. The van der Waals surface area contributed by atoms with Gasteiger partial charge in [-0.3, -0.25) is 5.32 Å². The van der Waals surface area contributed by atoms with Gasteiger partial charge in [0.2, 0.25) is 0 Å². The Morgan fingerprint density at radius 1 is 1.37 bits per heavy atom. The van der Waals surface area contributed by atoms with E-state index >= 15 is 0 Å². The van der Waals surface area contributed by atoms with E-state index < -0.39 is 12.1 Å². The number of hydrogen-bond acceptors (Lipinski definition) is 6. The van der Waals surface area contributed by atoms with E-state index in [1.54, 1.807) is 0 Å². The van der Waals surface area contributed by atoms with Gasteiger partial charge in [-0.2, -0.15) is 0 Å². The van der Waals surface area contributed by atoms with E-state index in [4.69, 9.17) is 9.57 Å². The lowest BCUT2D eigenvalue weighted by Gasteiger charge is -2.02. The fourth-order valence-corrected chi connectivity index (χ4v) is 1.15. The number of carbonyl (C=O) groups excluding carboxylic acids is 2. The standard InChI is InChI=1S/C11H18N4O4/c1-3-5-7-18-11(17)12-9-8-15(14-13-9)19-10(16)6-4-2/h8H,3-7H2,1-2H3,(H,12,17). The van der Waals surface area contributed by atoms with E-state index in [1.165, 1.54) is 6.20 Å². The molecule has 1 heterocycles. The summed E-state index contributed by atoms with van der Waals surface area (Å²) in [7, 11) is 0. The maximum absolute atomic E-state index is 11.3. The topological polar surface area (TPSA) is 95.3 Å². The van der Waals surface area contributed by atoms with Crippen molar-refractivity contribution < 1.29 is 19.2 Å². The Labute approximate surface area is 111 Å². The summed E-state index contributed by atoms with van der Waals surface area (Å²) >= 11 is 0. The normalized spacial score (nSPS) is 10.0. The van der Waals surface area contributed by atoms with E-state index in [9.17, 15) is 9.59 Å². The SMILES string of the molecule is CCCCOC(=O)Nc1cn(OC(=O)CCC)nn1. The molecule has 1 aromatic rings. The Balaban J connectivity index is 2.37. The zero-order chi connectivity index (χ0) is 14.1. The van der Waals surface area contributed by atoms with Crippen LogP contribution in [0.1, 0.15) is 39.5 Å². The molecule has 1 aromatic heterocycles. The summed E-state index contributed by atoms with van der Waals surface area (Å²) in [6.07, 6.45) is 3.39. The van der Waals surface area contributed by atoms with Gasteiger partial charge in [-0.25, -0.2) is 9.59 Å². The third kappa shape index (κ3) is 5.84. The molecule has 1 N–H and O–H groups in total. The summed E-state index contributed by atoms with van der Waals surface area (Å²) in [6.45, 7) is 4.21. The minimum absolute atomic E-state index is 0.158. The fourth-order valence-electron chi connectivity index (χ4n) is 1.15. The highest BCUT2D eigenvalue weighted by molar-refractivity contribution is 5.82. The van der Waals surface area contributed by atoms with Crippen molar-refractivity contribution in [3.63, 3.8) is 0 Å². The van der Waals surface area contributed by atoms with Crippen LogP contribution in [0.25, 0.3) is 0 Å². The molecular formula is C11H18N4O4. The number of rotatable bonds is 7. The molecule has 1 amide bonds. The third-order valence-electron chi connectivity index (χ3n) is 2.08. The molecule has 0 radical (unpaired) electrons. The van der Waals surface area contributed by atoms with Crippen molar-refractivity contribution >= 4 is 17.9 Å². The molecule has 0 saturated heterocycles. The van der Waals surface area contributed by atoms with Crippen LogP contribution in [-0.4, -0.2) is 33.8 Å². The predicted octanol–water partition coefficient (Wildman–Crippen LogP) is 1.38. The number of hydrogen-bond donors (Lipinski definition) is 1. The zero-order valence-electron chi connectivity index (χ0n) is 11.1. The van der Waals surface area contributed by atoms with Crippen molar-refractivity contribution in [2.45, 2.75) is 39.5 Å². The third-order valence-corrected chi connectivity index (χ3v) is 2.08. The van der Waals surface area contributed by atoms with Crippen molar-refractivity contribution in [1.82, 2.24) is 15.2 Å². The average molecular weight is 270 g/mol. The lowest BCUT2D eigenvalue weighted by Crippen LogP contribution is -2.19. The van der Waals surface area contributed by atoms with Gasteiger partial charge < -0.3 is 9.57 Å². The summed E-state index contributed by atoms with van der Waals surface area (Å²) < 4.78 is 4.88. The van der Waals surface area contributed by atoms with Gasteiger partial charge in [0.25, 0.3) is 0 Å². The summed E-state index contributed by atoms with van der Waals surface area (Å²) in [5.41, 5.74) is 0. The molecular weight excluding hydrogens is 252 g/mol. The first-order chi connectivity index (χ1) is 9.15. The second-order valence-electron chi connectivity index (χ2n) is 3.83. The van der Waals surface area contributed by atoms with Gasteiger partial charge >= 0.3 is 12.1 Å². The fraction of sp³-hybridized carbons (Fsp3) is 0.636. The molecule has 0 fully saturated rings. The van der Waals surface area contributed by atoms with Crippen LogP contribution in [0.5, 0.6) is 0 Å². The van der Waals surface area contributed by atoms with Crippen molar-refractivity contribution in [2.75, 3.05) is 11.9 Å². The highest BCUT2D eigenvalue weighted by Crippen LogP contribution is 2.01. The van der Waals surface area contributed by atoms with Crippen LogP contribution in [-0.2, 0) is 9.53 Å². The number of nitrogens with one attached hydrogen (secondary N) is 1.